The van der Waals surface area contributed by atoms with Gasteiger partial charge in [-0.3, -0.25) is 0 Å². The lowest BCUT2D eigenvalue weighted by Gasteiger charge is -2.60. The van der Waals surface area contributed by atoms with E-state index < -0.39 is 0 Å². The van der Waals surface area contributed by atoms with E-state index in [0.29, 0.717) is 16.7 Å². The molecule has 0 spiro atoms. The first-order valence-electron chi connectivity index (χ1n) is 13.1. The summed E-state index contributed by atoms with van der Waals surface area (Å²) in [5.74, 6) is 3.13. The third kappa shape index (κ3) is 3.37. The van der Waals surface area contributed by atoms with Crippen LogP contribution in [0.15, 0.2) is 22.8 Å². The molecule has 2 unspecified atom stereocenters. The highest BCUT2D eigenvalue weighted by Crippen LogP contribution is 2.68. The molecule has 4 aliphatic carbocycles. The van der Waals surface area contributed by atoms with Gasteiger partial charge in [0.15, 0.2) is 0 Å². The topological polar surface area (TPSA) is 20.2 Å². The second kappa shape index (κ2) is 7.79. The minimum Gasteiger partial charge on any atom is -0.392 e. The van der Waals surface area contributed by atoms with E-state index in [-0.39, 0.29) is 11.5 Å². The van der Waals surface area contributed by atoms with E-state index in [1.165, 1.54) is 63.4 Å². The molecule has 0 aromatic heterocycles. The van der Waals surface area contributed by atoms with Crippen molar-refractivity contribution < 1.29 is 5.11 Å². The minimum atomic E-state index is -0.134. The van der Waals surface area contributed by atoms with E-state index in [2.05, 4.69) is 54.5 Å². The Kier molecular flexibility index (Phi) is 5.87. The summed E-state index contributed by atoms with van der Waals surface area (Å²) in [6.07, 6.45) is 15.1. The summed E-state index contributed by atoms with van der Waals surface area (Å²) < 4.78 is 0. The van der Waals surface area contributed by atoms with Crippen LogP contribution in [-0.4, -0.2) is 11.2 Å². The molecule has 2 fully saturated rings. The summed E-state index contributed by atoms with van der Waals surface area (Å²) >= 11 is 0. The number of allylic oxidation sites excluding steroid dienone is 3. The molecule has 30 heavy (non-hydrogen) atoms. The molecular formula is C29H48O. The predicted octanol–water partition coefficient (Wildman–Crippen LogP) is 8.09. The maximum Gasteiger partial charge on any atom is 0.0634 e. The molecule has 4 rings (SSSR count). The molecule has 0 aromatic rings. The zero-order chi connectivity index (χ0) is 21.9. The molecule has 1 nitrogen and oxygen atoms in total. The first-order valence-corrected chi connectivity index (χ1v) is 13.1. The fourth-order valence-corrected chi connectivity index (χ4v) is 9.10. The third-order valence-corrected chi connectivity index (χ3v) is 10.8. The van der Waals surface area contributed by atoms with Crippen molar-refractivity contribution in [2.24, 2.45) is 39.9 Å². The van der Waals surface area contributed by atoms with Crippen LogP contribution in [0.1, 0.15) is 113 Å². The Hall–Kier alpha value is -0.560. The summed E-state index contributed by atoms with van der Waals surface area (Å²) in [5.41, 5.74) is 5.89. The number of aliphatic hydroxyl groups excluding tert-OH is 1. The van der Waals surface area contributed by atoms with E-state index in [0.717, 1.165) is 24.2 Å². The van der Waals surface area contributed by atoms with Crippen LogP contribution in [0.4, 0.5) is 0 Å². The maximum absolute atomic E-state index is 11.3. The van der Waals surface area contributed by atoms with E-state index >= 15 is 0 Å². The monoisotopic (exact) mass is 412 g/mol. The van der Waals surface area contributed by atoms with Crippen molar-refractivity contribution in [3.05, 3.63) is 22.8 Å². The van der Waals surface area contributed by atoms with Gasteiger partial charge in [0.1, 0.15) is 0 Å². The van der Waals surface area contributed by atoms with Gasteiger partial charge in [-0.2, -0.15) is 0 Å². The van der Waals surface area contributed by atoms with Gasteiger partial charge in [0.05, 0.1) is 6.10 Å². The molecule has 4 aliphatic rings. The van der Waals surface area contributed by atoms with Crippen LogP contribution in [0.3, 0.4) is 0 Å². The van der Waals surface area contributed by atoms with Crippen molar-refractivity contribution in [2.75, 3.05) is 0 Å². The molecular weight excluding hydrogens is 364 g/mol. The van der Waals surface area contributed by atoms with Crippen LogP contribution in [0.25, 0.3) is 0 Å². The summed E-state index contributed by atoms with van der Waals surface area (Å²) in [6.45, 7) is 17.0. The molecule has 0 heterocycles. The highest BCUT2D eigenvalue weighted by molar-refractivity contribution is 5.36. The van der Waals surface area contributed by atoms with Gasteiger partial charge < -0.3 is 5.11 Å². The molecule has 2 saturated carbocycles. The Morgan fingerprint density at radius 1 is 1.03 bits per heavy atom. The smallest absolute Gasteiger partial charge is 0.0634 e. The first kappa shape index (κ1) is 22.6. The van der Waals surface area contributed by atoms with Gasteiger partial charge in [-0.25, -0.2) is 0 Å². The highest BCUT2D eigenvalue weighted by Gasteiger charge is 2.59. The van der Waals surface area contributed by atoms with Gasteiger partial charge in [-0.05, 0) is 113 Å². The fourth-order valence-electron chi connectivity index (χ4n) is 9.10. The van der Waals surface area contributed by atoms with E-state index in [4.69, 9.17) is 0 Å². The third-order valence-electron chi connectivity index (χ3n) is 10.8. The number of aliphatic hydroxyl groups is 1. The van der Waals surface area contributed by atoms with Crippen LogP contribution < -0.4 is 0 Å². The predicted molar refractivity (Wildman–Crippen MR) is 128 cm³/mol. The van der Waals surface area contributed by atoms with Crippen molar-refractivity contribution in [3.8, 4) is 0 Å². The van der Waals surface area contributed by atoms with Crippen LogP contribution in [-0.2, 0) is 0 Å². The van der Waals surface area contributed by atoms with Gasteiger partial charge in [0.25, 0.3) is 0 Å². The Morgan fingerprint density at radius 3 is 2.47 bits per heavy atom. The number of rotatable bonds is 4. The maximum atomic E-state index is 11.3. The van der Waals surface area contributed by atoms with Crippen molar-refractivity contribution in [2.45, 2.75) is 119 Å². The fraction of sp³-hybridized carbons (Fsp3) is 0.862. The average Bonchev–Trinajstić information content (AvgIpc) is 3.02. The summed E-state index contributed by atoms with van der Waals surface area (Å²) in [4.78, 5) is 0. The van der Waals surface area contributed by atoms with Crippen LogP contribution in [0.5, 0.6) is 0 Å². The second-order valence-corrected chi connectivity index (χ2v) is 13.0. The second-order valence-electron chi connectivity index (χ2n) is 13.0. The molecule has 0 amide bonds. The normalized spacial score (nSPS) is 43.5. The van der Waals surface area contributed by atoms with Gasteiger partial charge in [0.2, 0.25) is 0 Å². The van der Waals surface area contributed by atoms with Crippen LogP contribution >= 0.6 is 0 Å². The Bertz CT molecular complexity index is 723. The number of hydrogen-bond donors (Lipinski definition) is 1. The lowest BCUT2D eigenvalue weighted by molar-refractivity contribution is -0.0924. The summed E-state index contributed by atoms with van der Waals surface area (Å²) in [7, 11) is 0. The van der Waals surface area contributed by atoms with Crippen molar-refractivity contribution >= 4 is 0 Å². The zero-order valence-corrected chi connectivity index (χ0v) is 21.0. The Labute approximate surface area is 186 Å². The van der Waals surface area contributed by atoms with Crippen molar-refractivity contribution in [1.29, 1.82) is 0 Å². The van der Waals surface area contributed by atoms with Gasteiger partial charge in [-0.15, -0.1) is 0 Å². The first-order chi connectivity index (χ1) is 14.0. The lowest BCUT2D eigenvalue weighted by atomic mass is 9.45. The van der Waals surface area contributed by atoms with E-state index in [1.54, 1.807) is 5.57 Å². The number of fused-ring (bicyclic) bond motifs is 4. The highest BCUT2D eigenvalue weighted by atomic mass is 16.3. The number of hydrogen-bond acceptors (Lipinski definition) is 1. The molecule has 0 aromatic carbocycles. The van der Waals surface area contributed by atoms with Gasteiger partial charge >= 0.3 is 0 Å². The summed E-state index contributed by atoms with van der Waals surface area (Å²) in [5, 5.41) is 11.3. The zero-order valence-electron chi connectivity index (χ0n) is 21.0. The molecule has 0 saturated heterocycles. The molecule has 7 atom stereocenters. The van der Waals surface area contributed by atoms with Crippen molar-refractivity contribution in [3.63, 3.8) is 0 Å². The summed E-state index contributed by atoms with van der Waals surface area (Å²) in [6, 6.07) is 0. The van der Waals surface area contributed by atoms with Crippen LogP contribution in [0.2, 0.25) is 0 Å². The van der Waals surface area contributed by atoms with Crippen molar-refractivity contribution in [1.82, 2.24) is 0 Å². The van der Waals surface area contributed by atoms with Crippen LogP contribution in [0, 0.1) is 39.9 Å². The molecule has 0 bridgehead atoms. The molecule has 170 valence electrons. The molecule has 1 N–H and O–H groups in total. The van der Waals surface area contributed by atoms with Gasteiger partial charge in [0, 0.05) is 5.41 Å². The SMILES string of the molecule is CC(C)=CCC[C@@H](C)[C@H]1CC[C@H]2C3=C(CC[C@]12C)[C@@]1(C)C(O)CCC(C)(C)C1CC3. The van der Waals surface area contributed by atoms with Gasteiger partial charge in [-0.1, -0.05) is 57.4 Å². The average molecular weight is 413 g/mol. The van der Waals surface area contributed by atoms with E-state index in [9.17, 15) is 5.11 Å². The standard InChI is InChI=1S/C29H48O/c1-19(2)9-8-10-20(3)22-12-13-23-21-11-14-25-27(4,5)17-16-26(30)29(25,7)24(21)15-18-28(22,23)6/h9,20,22-23,25-26,30H,8,10-18H2,1-7H3/t20-,22-,23+,25?,26?,28-,29-/m1/s1. The Morgan fingerprint density at radius 2 is 1.77 bits per heavy atom. The molecule has 0 aliphatic heterocycles. The van der Waals surface area contributed by atoms with E-state index in [1.807, 2.05) is 5.57 Å². The molecule has 0 radical (unpaired) electrons. The largest absolute Gasteiger partial charge is 0.392 e. The minimum absolute atomic E-state index is 0.0316. The lowest BCUT2D eigenvalue weighted by Crippen LogP contribution is -2.55. The quantitative estimate of drug-likeness (QED) is 0.462. The molecule has 1 heteroatoms. The Balaban J connectivity index is 1.61.